The average Bonchev–Trinajstić information content (AvgIpc) is 2.68. The number of fused-ring (bicyclic) bond motifs is 2. The standard InChI is InChI=1S/C15H27N3O/c1-4-16-14(17-10(2)3)18-12-11-6-9-19-13(11)15(12)7-5-8-15/h10-13H,4-9H2,1-3H3,(H2,16,17,18). The minimum atomic E-state index is 0.422. The van der Waals surface area contributed by atoms with E-state index in [2.05, 4.69) is 36.4 Å². The molecule has 19 heavy (non-hydrogen) atoms. The second-order valence-corrected chi connectivity index (χ2v) is 6.57. The Morgan fingerprint density at radius 2 is 2.21 bits per heavy atom. The van der Waals surface area contributed by atoms with Crippen molar-refractivity contribution in [2.45, 2.75) is 64.6 Å². The first kappa shape index (κ1) is 13.2. The quantitative estimate of drug-likeness (QED) is 0.605. The first-order chi connectivity index (χ1) is 9.17. The van der Waals surface area contributed by atoms with Crippen molar-refractivity contribution in [2.24, 2.45) is 16.3 Å². The molecule has 2 saturated carbocycles. The fraction of sp³-hybridized carbons (Fsp3) is 0.933. The summed E-state index contributed by atoms with van der Waals surface area (Å²) in [5.74, 6) is 1.69. The third kappa shape index (κ3) is 2.04. The summed E-state index contributed by atoms with van der Waals surface area (Å²) in [4.78, 5) is 4.58. The molecule has 4 nitrogen and oxygen atoms in total. The van der Waals surface area contributed by atoms with Gasteiger partial charge in [-0.1, -0.05) is 6.42 Å². The molecule has 0 aromatic heterocycles. The maximum Gasteiger partial charge on any atom is 0.191 e. The maximum absolute atomic E-state index is 5.96. The molecule has 0 aromatic rings. The van der Waals surface area contributed by atoms with Crippen LogP contribution in [0.5, 0.6) is 0 Å². The summed E-state index contributed by atoms with van der Waals surface area (Å²) in [6.07, 6.45) is 5.76. The Morgan fingerprint density at radius 3 is 2.79 bits per heavy atom. The highest BCUT2D eigenvalue weighted by Gasteiger charge is 2.66. The van der Waals surface area contributed by atoms with Crippen molar-refractivity contribution in [3.8, 4) is 0 Å². The van der Waals surface area contributed by atoms with Gasteiger partial charge in [0, 0.05) is 36.6 Å². The van der Waals surface area contributed by atoms with Crippen LogP contribution in [0.2, 0.25) is 0 Å². The summed E-state index contributed by atoms with van der Waals surface area (Å²) >= 11 is 0. The van der Waals surface area contributed by atoms with Crippen molar-refractivity contribution in [1.29, 1.82) is 0 Å². The molecule has 1 heterocycles. The first-order valence-corrected chi connectivity index (χ1v) is 7.86. The lowest BCUT2D eigenvalue weighted by atomic mass is 9.46. The molecule has 2 N–H and O–H groups in total. The third-order valence-corrected chi connectivity index (χ3v) is 5.07. The van der Waals surface area contributed by atoms with E-state index in [-0.39, 0.29) is 0 Å². The number of guanidine groups is 1. The predicted octanol–water partition coefficient (Wildman–Crippen LogP) is 1.91. The van der Waals surface area contributed by atoms with Gasteiger partial charge in [-0.2, -0.15) is 0 Å². The van der Waals surface area contributed by atoms with Crippen molar-refractivity contribution in [1.82, 2.24) is 10.6 Å². The van der Waals surface area contributed by atoms with Gasteiger partial charge in [-0.15, -0.1) is 0 Å². The van der Waals surface area contributed by atoms with Crippen LogP contribution in [-0.4, -0.2) is 37.3 Å². The normalized spacial score (nSPS) is 35.8. The molecule has 1 spiro atoms. The molecule has 3 rings (SSSR count). The van der Waals surface area contributed by atoms with Gasteiger partial charge in [0.1, 0.15) is 0 Å². The highest BCUT2D eigenvalue weighted by Crippen LogP contribution is 2.62. The molecular weight excluding hydrogens is 238 g/mol. The van der Waals surface area contributed by atoms with E-state index >= 15 is 0 Å². The van der Waals surface area contributed by atoms with Crippen molar-refractivity contribution in [2.75, 3.05) is 13.2 Å². The zero-order valence-corrected chi connectivity index (χ0v) is 12.4. The third-order valence-electron chi connectivity index (χ3n) is 5.07. The Kier molecular flexibility index (Phi) is 3.46. The molecule has 3 atom stereocenters. The minimum Gasteiger partial charge on any atom is -0.377 e. The lowest BCUT2D eigenvalue weighted by Crippen LogP contribution is -2.72. The van der Waals surface area contributed by atoms with E-state index in [1.807, 2.05) is 0 Å². The summed E-state index contributed by atoms with van der Waals surface area (Å²) in [6, 6.07) is 0.996. The lowest BCUT2D eigenvalue weighted by Gasteiger charge is -2.63. The smallest absolute Gasteiger partial charge is 0.191 e. The molecule has 4 heteroatoms. The largest absolute Gasteiger partial charge is 0.377 e. The van der Waals surface area contributed by atoms with Crippen LogP contribution in [0.25, 0.3) is 0 Å². The molecule has 3 aliphatic rings. The van der Waals surface area contributed by atoms with Crippen molar-refractivity contribution >= 4 is 5.96 Å². The number of rotatable bonds is 3. The highest BCUT2D eigenvalue weighted by molar-refractivity contribution is 5.80. The molecule has 2 aliphatic carbocycles. The molecule has 0 aromatic carbocycles. The van der Waals surface area contributed by atoms with Gasteiger partial charge >= 0.3 is 0 Å². The van der Waals surface area contributed by atoms with E-state index in [9.17, 15) is 0 Å². The number of ether oxygens (including phenoxy) is 1. The Bertz CT molecular complexity index is 362. The Hall–Kier alpha value is -0.770. The van der Waals surface area contributed by atoms with E-state index in [1.54, 1.807) is 0 Å². The Labute approximate surface area is 116 Å². The summed E-state index contributed by atoms with van der Waals surface area (Å²) in [5, 5.41) is 7.15. The van der Waals surface area contributed by atoms with E-state index in [0.29, 0.717) is 29.5 Å². The minimum absolute atomic E-state index is 0.422. The summed E-state index contributed by atoms with van der Waals surface area (Å²) in [6.45, 7) is 8.19. The molecule has 0 radical (unpaired) electrons. The number of aliphatic imine (C=N–C) groups is 1. The van der Waals surface area contributed by atoms with Crippen molar-refractivity contribution in [3.63, 3.8) is 0 Å². The fourth-order valence-corrected chi connectivity index (χ4v) is 4.17. The maximum atomic E-state index is 5.96. The van der Waals surface area contributed by atoms with Gasteiger partial charge < -0.3 is 15.4 Å². The molecule has 0 bridgehead atoms. The lowest BCUT2D eigenvalue weighted by molar-refractivity contribution is -0.171. The Morgan fingerprint density at radius 1 is 1.42 bits per heavy atom. The highest BCUT2D eigenvalue weighted by atomic mass is 16.5. The number of hydrogen-bond donors (Lipinski definition) is 2. The summed E-state index contributed by atoms with van der Waals surface area (Å²) in [5.41, 5.74) is 0.425. The van der Waals surface area contributed by atoms with Crippen LogP contribution < -0.4 is 10.6 Å². The van der Waals surface area contributed by atoms with Crippen LogP contribution in [0.4, 0.5) is 0 Å². The number of nitrogens with one attached hydrogen (secondary N) is 2. The van der Waals surface area contributed by atoms with Gasteiger partial charge in [-0.3, -0.25) is 4.99 Å². The molecule has 1 saturated heterocycles. The van der Waals surface area contributed by atoms with E-state index in [1.165, 1.54) is 25.7 Å². The van der Waals surface area contributed by atoms with Crippen LogP contribution in [0.15, 0.2) is 4.99 Å². The summed E-state index contributed by atoms with van der Waals surface area (Å²) in [7, 11) is 0. The van der Waals surface area contributed by atoms with E-state index < -0.39 is 0 Å². The van der Waals surface area contributed by atoms with Crippen molar-refractivity contribution < 1.29 is 4.74 Å². The molecular formula is C15H27N3O. The van der Waals surface area contributed by atoms with Gasteiger partial charge in [-0.05, 0) is 40.0 Å². The van der Waals surface area contributed by atoms with E-state index in [4.69, 9.17) is 4.74 Å². The predicted molar refractivity (Wildman–Crippen MR) is 77.3 cm³/mol. The van der Waals surface area contributed by atoms with Gasteiger partial charge in [0.2, 0.25) is 0 Å². The van der Waals surface area contributed by atoms with Gasteiger partial charge in [0.05, 0.1) is 6.10 Å². The van der Waals surface area contributed by atoms with Crippen LogP contribution in [-0.2, 0) is 4.74 Å². The van der Waals surface area contributed by atoms with Crippen molar-refractivity contribution in [3.05, 3.63) is 0 Å². The zero-order valence-electron chi connectivity index (χ0n) is 12.4. The molecule has 108 valence electrons. The number of nitrogens with zero attached hydrogens (tertiary/aromatic N) is 1. The molecule has 0 amide bonds. The van der Waals surface area contributed by atoms with Crippen LogP contribution >= 0.6 is 0 Å². The topological polar surface area (TPSA) is 45.7 Å². The average molecular weight is 265 g/mol. The molecule has 3 unspecified atom stereocenters. The second-order valence-electron chi connectivity index (χ2n) is 6.57. The molecule has 1 aliphatic heterocycles. The monoisotopic (exact) mass is 265 g/mol. The van der Waals surface area contributed by atoms with Gasteiger partial charge in [-0.25, -0.2) is 0 Å². The Balaban J connectivity index is 1.69. The van der Waals surface area contributed by atoms with Gasteiger partial charge in [0.15, 0.2) is 5.96 Å². The molecule has 3 fully saturated rings. The SMILES string of the molecule is CCN=C(NC(C)C)NC1C2CCOC2C12CCC2. The number of hydrogen-bond acceptors (Lipinski definition) is 2. The summed E-state index contributed by atoms with van der Waals surface area (Å²) < 4.78 is 5.96. The zero-order chi connectivity index (χ0) is 13.5. The fourth-order valence-electron chi connectivity index (χ4n) is 4.17. The van der Waals surface area contributed by atoms with Gasteiger partial charge in [0.25, 0.3) is 0 Å². The van der Waals surface area contributed by atoms with Crippen LogP contribution in [0.1, 0.15) is 46.5 Å². The second kappa shape index (κ2) is 4.97. The van der Waals surface area contributed by atoms with Crippen LogP contribution in [0, 0.1) is 11.3 Å². The van der Waals surface area contributed by atoms with E-state index in [0.717, 1.165) is 19.1 Å². The first-order valence-electron chi connectivity index (χ1n) is 7.86. The van der Waals surface area contributed by atoms with Crippen LogP contribution in [0.3, 0.4) is 0 Å².